The van der Waals surface area contributed by atoms with Gasteiger partial charge in [0.2, 0.25) is 0 Å². The predicted molar refractivity (Wildman–Crippen MR) is 125 cm³/mol. The molecule has 1 saturated heterocycles. The van der Waals surface area contributed by atoms with Gasteiger partial charge in [0.1, 0.15) is 0 Å². The Morgan fingerprint density at radius 3 is 2.69 bits per heavy atom. The van der Waals surface area contributed by atoms with Crippen LogP contribution < -0.4 is 4.90 Å². The van der Waals surface area contributed by atoms with Crippen molar-refractivity contribution in [3.05, 3.63) is 64.7 Å². The minimum Gasteiger partial charge on any atom is -0.390 e. The highest BCUT2D eigenvalue weighted by Crippen LogP contribution is 2.26. The first kappa shape index (κ1) is 21.4. The van der Waals surface area contributed by atoms with Gasteiger partial charge in [-0.05, 0) is 54.7 Å². The average Bonchev–Trinajstić information content (AvgIpc) is 2.80. The van der Waals surface area contributed by atoms with Crippen molar-refractivity contribution in [1.82, 2.24) is 9.80 Å². The highest BCUT2D eigenvalue weighted by atomic mass is 16.5. The lowest BCUT2D eigenvalue weighted by Crippen LogP contribution is -2.46. The number of ether oxygens (including phenoxy) is 1. The van der Waals surface area contributed by atoms with Crippen LogP contribution >= 0.6 is 0 Å². The number of β-amino-alcohol motifs (C(OH)–C–C–N with tert-alkyl or cyclic N) is 1. The highest BCUT2D eigenvalue weighted by Gasteiger charge is 2.28. The van der Waals surface area contributed by atoms with E-state index in [1.54, 1.807) is 0 Å². The molecule has 6 heteroatoms. The van der Waals surface area contributed by atoms with Gasteiger partial charge >= 0.3 is 0 Å². The minimum atomic E-state index is -0.542. The normalized spacial score (nSPS) is 22.4. The van der Waals surface area contributed by atoms with Crippen molar-refractivity contribution in [1.29, 1.82) is 0 Å². The SMILES string of the molecule is CC1CN(c2ccc3c(c2)CCN(CC(O)CN2CCc4ccccc4C2)C3=O)CCO1. The Bertz CT molecular complexity index is 979. The molecule has 0 aliphatic carbocycles. The molecule has 170 valence electrons. The smallest absolute Gasteiger partial charge is 0.254 e. The Hall–Kier alpha value is -2.41. The third-order valence-electron chi connectivity index (χ3n) is 6.97. The molecule has 0 saturated carbocycles. The van der Waals surface area contributed by atoms with E-state index in [0.717, 1.165) is 56.8 Å². The molecule has 2 aromatic rings. The van der Waals surface area contributed by atoms with Gasteiger partial charge in [-0.3, -0.25) is 9.69 Å². The Balaban J connectivity index is 1.19. The van der Waals surface area contributed by atoms with Crippen LogP contribution in [0.2, 0.25) is 0 Å². The van der Waals surface area contributed by atoms with E-state index in [9.17, 15) is 9.90 Å². The van der Waals surface area contributed by atoms with Crippen LogP contribution in [0.1, 0.15) is 34.0 Å². The maximum Gasteiger partial charge on any atom is 0.254 e. The van der Waals surface area contributed by atoms with Gasteiger partial charge in [0.25, 0.3) is 5.91 Å². The van der Waals surface area contributed by atoms with E-state index in [0.29, 0.717) is 19.6 Å². The molecular formula is C26H33N3O3. The van der Waals surface area contributed by atoms with E-state index >= 15 is 0 Å². The van der Waals surface area contributed by atoms with E-state index in [2.05, 4.69) is 53.1 Å². The molecule has 0 radical (unpaired) electrons. The summed E-state index contributed by atoms with van der Waals surface area (Å²) in [5.74, 6) is 0.0381. The third kappa shape index (κ3) is 4.53. The molecule has 2 atom stereocenters. The summed E-state index contributed by atoms with van der Waals surface area (Å²) >= 11 is 0. The first-order chi connectivity index (χ1) is 15.6. The van der Waals surface area contributed by atoms with Gasteiger partial charge in [-0.1, -0.05) is 24.3 Å². The summed E-state index contributed by atoms with van der Waals surface area (Å²) in [6, 6.07) is 14.7. The van der Waals surface area contributed by atoms with Crippen LogP contribution in [0.4, 0.5) is 5.69 Å². The van der Waals surface area contributed by atoms with Crippen molar-refractivity contribution < 1.29 is 14.6 Å². The molecule has 32 heavy (non-hydrogen) atoms. The second kappa shape index (κ2) is 9.22. The highest BCUT2D eigenvalue weighted by molar-refractivity contribution is 5.97. The standard InChI is InChI=1S/C26H33N3O3/c1-19-15-28(12-13-32-19)23-6-7-25-21(14-23)9-11-29(26(25)31)18-24(30)17-27-10-8-20-4-2-3-5-22(20)16-27/h2-7,14,19,24,30H,8-13,15-18H2,1H3. The summed E-state index contributed by atoms with van der Waals surface area (Å²) in [6.45, 7) is 8.07. The van der Waals surface area contributed by atoms with Crippen molar-refractivity contribution in [2.75, 3.05) is 50.8 Å². The van der Waals surface area contributed by atoms with Gasteiger partial charge in [0, 0.05) is 57.1 Å². The Morgan fingerprint density at radius 2 is 1.84 bits per heavy atom. The molecule has 1 amide bonds. The van der Waals surface area contributed by atoms with Gasteiger partial charge in [0.15, 0.2) is 0 Å². The molecule has 2 aromatic carbocycles. The third-order valence-corrected chi connectivity index (χ3v) is 6.97. The summed E-state index contributed by atoms with van der Waals surface area (Å²) in [6.07, 6.45) is 1.54. The Labute approximate surface area is 190 Å². The van der Waals surface area contributed by atoms with Gasteiger partial charge in [0.05, 0.1) is 18.8 Å². The number of morpholine rings is 1. The van der Waals surface area contributed by atoms with Crippen LogP contribution in [0.5, 0.6) is 0 Å². The molecule has 1 fully saturated rings. The number of nitrogens with zero attached hydrogens (tertiary/aromatic N) is 3. The van der Waals surface area contributed by atoms with Crippen molar-refractivity contribution in [2.45, 2.75) is 38.5 Å². The van der Waals surface area contributed by atoms with Crippen LogP contribution in [0.25, 0.3) is 0 Å². The summed E-state index contributed by atoms with van der Waals surface area (Å²) in [5, 5.41) is 10.8. The Kier molecular flexibility index (Phi) is 6.17. The van der Waals surface area contributed by atoms with Crippen LogP contribution in [-0.4, -0.2) is 78.9 Å². The van der Waals surface area contributed by atoms with Crippen LogP contribution in [-0.2, 0) is 24.1 Å². The van der Waals surface area contributed by atoms with Crippen LogP contribution in [0.15, 0.2) is 42.5 Å². The molecule has 2 unspecified atom stereocenters. The lowest BCUT2D eigenvalue weighted by atomic mass is 9.97. The monoisotopic (exact) mass is 435 g/mol. The number of benzene rings is 2. The van der Waals surface area contributed by atoms with Crippen molar-refractivity contribution in [3.8, 4) is 0 Å². The van der Waals surface area contributed by atoms with E-state index in [1.807, 2.05) is 11.0 Å². The number of fused-ring (bicyclic) bond motifs is 2. The maximum atomic E-state index is 13.1. The molecular weight excluding hydrogens is 402 g/mol. The zero-order chi connectivity index (χ0) is 22.1. The number of aliphatic hydroxyl groups excluding tert-OH is 1. The average molecular weight is 436 g/mol. The van der Waals surface area contributed by atoms with Gasteiger partial charge in [-0.25, -0.2) is 0 Å². The first-order valence-corrected chi connectivity index (χ1v) is 11.8. The number of amides is 1. The number of carbonyl (C=O) groups is 1. The molecule has 0 bridgehead atoms. The summed E-state index contributed by atoms with van der Waals surface area (Å²) in [5.41, 5.74) is 5.82. The fraction of sp³-hybridized carbons (Fsp3) is 0.500. The zero-order valence-electron chi connectivity index (χ0n) is 18.9. The second-order valence-electron chi connectivity index (χ2n) is 9.38. The molecule has 0 spiro atoms. The summed E-state index contributed by atoms with van der Waals surface area (Å²) in [7, 11) is 0. The number of carbonyl (C=O) groups excluding carboxylic acids is 1. The first-order valence-electron chi connectivity index (χ1n) is 11.8. The van der Waals surface area contributed by atoms with Crippen molar-refractivity contribution in [2.24, 2.45) is 0 Å². The fourth-order valence-corrected chi connectivity index (χ4v) is 5.27. The van der Waals surface area contributed by atoms with Crippen molar-refractivity contribution >= 4 is 11.6 Å². The fourth-order valence-electron chi connectivity index (χ4n) is 5.27. The number of hydrogen-bond donors (Lipinski definition) is 1. The second-order valence-corrected chi connectivity index (χ2v) is 9.38. The zero-order valence-corrected chi connectivity index (χ0v) is 18.9. The number of rotatable bonds is 5. The molecule has 1 N–H and O–H groups in total. The Morgan fingerprint density at radius 1 is 1.03 bits per heavy atom. The van der Waals surface area contributed by atoms with E-state index < -0.39 is 6.10 Å². The maximum absolute atomic E-state index is 13.1. The topological polar surface area (TPSA) is 56.2 Å². The van der Waals surface area contributed by atoms with Crippen LogP contribution in [0, 0.1) is 0 Å². The largest absolute Gasteiger partial charge is 0.390 e. The molecule has 3 aliphatic rings. The van der Waals surface area contributed by atoms with E-state index in [1.165, 1.54) is 16.8 Å². The quantitative estimate of drug-likeness (QED) is 0.781. The van der Waals surface area contributed by atoms with Crippen molar-refractivity contribution in [3.63, 3.8) is 0 Å². The van der Waals surface area contributed by atoms with Gasteiger partial charge in [-0.15, -0.1) is 0 Å². The number of aliphatic hydroxyl groups is 1. The molecule has 0 aromatic heterocycles. The van der Waals surface area contributed by atoms with E-state index in [4.69, 9.17) is 4.74 Å². The minimum absolute atomic E-state index is 0.0381. The number of anilines is 1. The lowest BCUT2D eigenvalue weighted by molar-refractivity contribution is 0.0492. The van der Waals surface area contributed by atoms with Gasteiger partial charge < -0.3 is 19.6 Å². The molecule has 5 rings (SSSR count). The summed E-state index contributed by atoms with van der Waals surface area (Å²) in [4.78, 5) is 19.6. The molecule has 6 nitrogen and oxygen atoms in total. The predicted octanol–water partition coefficient (Wildman–Crippen LogP) is 2.33. The molecule has 3 heterocycles. The van der Waals surface area contributed by atoms with E-state index in [-0.39, 0.29) is 12.0 Å². The lowest BCUT2D eigenvalue weighted by Gasteiger charge is -2.35. The molecule has 3 aliphatic heterocycles. The summed E-state index contributed by atoms with van der Waals surface area (Å²) < 4.78 is 5.65. The van der Waals surface area contributed by atoms with Gasteiger partial charge in [-0.2, -0.15) is 0 Å². The number of hydrogen-bond acceptors (Lipinski definition) is 5. The van der Waals surface area contributed by atoms with Crippen LogP contribution in [0.3, 0.4) is 0 Å².